The van der Waals surface area contributed by atoms with Crippen LogP contribution in [0, 0.1) is 0 Å². The predicted molar refractivity (Wildman–Crippen MR) is 97.7 cm³/mol. The fourth-order valence-electron chi connectivity index (χ4n) is 2.74. The lowest BCUT2D eigenvalue weighted by atomic mass is 9.87. The van der Waals surface area contributed by atoms with Crippen molar-refractivity contribution in [3.8, 4) is 0 Å². The Hall–Kier alpha value is -3.21. The largest absolute Gasteiger partial charge is 0.481 e. The van der Waals surface area contributed by atoms with Crippen molar-refractivity contribution >= 4 is 23.3 Å². The van der Waals surface area contributed by atoms with Crippen molar-refractivity contribution in [3.63, 3.8) is 0 Å². The van der Waals surface area contributed by atoms with Crippen molar-refractivity contribution in [1.29, 1.82) is 0 Å². The summed E-state index contributed by atoms with van der Waals surface area (Å²) < 4.78 is 0. The van der Waals surface area contributed by atoms with E-state index in [9.17, 15) is 19.5 Å². The van der Waals surface area contributed by atoms with Gasteiger partial charge in [-0.15, -0.1) is 0 Å². The van der Waals surface area contributed by atoms with Crippen molar-refractivity contribution in [2.45, 2.75) is 25.7 Å². The summed E-state index contributed by atoms with van der Waals surface area (Å²) in [4.78, 5) is 35.5. The Morgan fingerprint density at radius 1 is 0.846 bits per heavy atom. The van der Waals surface area contributed by atoms with E-state index in [4.69, 9.17) is 5.11 Å². The molecule has 0 spiro atoms. The van der Waals surface area contributed by atoms with Crippen LogP contribution in [0.1, 0.15) is 36.8 Å². The zero-order chi connectivity index (χ0) is 19.1. The molecule has 26 heavy (non-hydrogen) atoms. The molecule has 0 fully saturated rings. The molecule has 5 heteroatoms. The normalized spacial score (nSPS) is 12.8. The Bertz CT molecular complexity index is 822. The Labute approximate surface area is 151 Å². The van der Waals surface area contributed by atoms with Gasteiger partial charge in [-0.05, 0) is 16.7 Å². The summed E-state index contributed by atoms with van der Waals surface area (Å²) in [5.41, 5.74) is 1.35. The second kappa shape index (κ2) is 8.76. The molecule has 0 aliphatic rings. The van der Waals surface area contributed by atoms with Gasteiger partial charge < -0.3 is 10.2 Å². The number of benzene rings is 2. The van der Waals surface area contributed by atoms with E-state index in [0.29, 0.717) is 5.56 Å². The highest BCUT2D eigenvalue weighted by Crippen LogP contribution is 2.28. The van der Waals surface area contributed by atoms with E-state index < -0.39 is 24.3 Å². The third-order valence-corrected chi connectivity index (χ3v) is 4.21. The first-order valence-corrected chi connectivity index (χ1v) is 8.20. The van der Waals surface area contributed by atoms with Crippen LogP contribution in [-0.2, 0) is 14.4 Å². The molecule has 5 nitrogen and oxygen atoms in total. The SMILES string of the molecule is CC(C(=O)CC(=C(CC(=O)O)C(=O)O)c1ccccc1)c1ccccc1. The molecule has 0 aliphatic carbocycles. The van der Waals surface area contributed by atoms with E-state index in [1.807, 2.05) is 30.3 Å². The summed E-state index contributed by atoms with van der Waals surface area (Å²) >= 11 is 0. The van der Waals surface area contributed by atoms with Gasteiger partial charge in [0.05, 0.1) is 12.0 Å². The lowest BCUT2D eigenvalue weighted by Crippen LogP contribution is -2.14. The van der Waals surface area contributed by atoms with Gasteiger partial charge in [-0.1, -0.05) is 67.6 Å². The molecule has 0 saturated heterocycles. The van der Waals surface area contributed by atoms with Crippen molar-refractivity contribution in [2.24, 2.45) is 0 Å². The summed E-state index contributed by atoms with van der Waals surface area (Å²) in [5.74, 6) is -3.17. The number of carboxylic acids is 2. The van der Waals surface area contributed by atoms with Crippen LogP contribution in [0.2, 0.25) is 0 Å². The van der Waals surface area contributed by atoms with Crippen molar-refractivity contribution in [2.75, 3.05) is 0 Å². The van der Waals surface area contributed by atoms with Crippen molar-refractivity contribution in [1.82, 2.24) is 0 Å². The minimum absolute atomic E-state index is 0.144. The Morgan fingerprint density at radius 2 is 1.38 bits per heavy atom. The summed E-state index contributed by atoms with van der Waals surface area (Å²) in [7, 11) is 0. The molecule has 1 unspecified atom stereocenters. The van der Waals surface area contributed by atoms with Crippen LogP contribution in [0.3, 0.4) is 0 Å². The van der Waals surface area contributed by atoms with Gasteiger partial charge in [-0.25, -0.2) is 4.79 Å². The van der Waals surface area contributed by atoms with Gasteiger partial charge in [0.25, 0.3) is 0 Å². The fourth-order valence-corrected chi connectivity index (χ4v) is 2.74. The molecule has 2 aromatic carbocycles. The Morgan fingerprint density at radius 3 is 1.88 bits per heavy atom. The van der Waals surface area contributed by atoms with E-state index >= 15 is 0 Å². The second-order valence-electron chi connectivity index (χ2n) is 5.97. The lowest BCUT2D eigenvalue weighted by molar-refractivity contribution is -0.139. The molecule has 2 N–H and O–H groups in total. The van der Waals surface area contributed by atoms with Gasteiger partial charge >= 0.3 is 11.9 Å². The first kappa shape index (κ1) is 19.1. The van der Waals surface area contributed by atoms with E-state index in [1.165, 1.54) is 0 Å². The first-order valence-electron chi connectivity index (χ1n) is 8.20. The van der Waals surface area contributed by atoms with Gasteiger partial charge in [0.15, 0.2) is 0 Å². The third kappa shape index (κ3) is 4.89. The van der Waals surface area contributed by atoms with E-state index in [0.717, 1.165) is 5.56 Å². The standard InChI is InChI=1S/C21H20O5/c1-14(15-8-4-2-5-9-15)19(22)12-17(16-10-6-3-7-11-16)18(21(25)26)13-20(23)24/h2-11,14H,12-13H2,1H3,(H,23,24)(H,25,26). The summed E-state index contributed by atoms with van der Waals surface area (Å²) in [6.45, 7) is 1.76. The maximum Gasteiger partial charge on any atom is 0.332 e. The molecule has 134 valence electrons. The summed E-state index contributed by atoms with van der Waals surface area (Å²) in [5, 5.41) is 18.6. The topological polar surface area (TPSA) is 91.7 Å². The number of carbonyl (C=O) groups is 3. The van der Waals surface area contributed by atoms with Crippen molar-refractivity contribution < 1.29 is 24.6 Å². The smallest absolute Gasteiger partial charge is 0.332 e. The number of allylic oxidation sites excluding steroid dienone is 1. The zero-order valence-corrected chi connectivity index (χ0v) is 14.4. The minimum Gasteiger partial charge on any atom is -0.481 e. The van der Waals surface area contributed by atoms with Gasteiger partial charge in [0, 0.05) is 12.3 Å². The van der Waals surface area contributed by atoms with Gasteiger partial charge in [0.2, 0.25) is 0 Å². The monoisotopic (exact) mass is 352 g/mol. The molecule has 0 saturated carbocycles. The zero-order valence-electron chi connectivity index (χ0n) is 14.4. The van der Waals surface area contributed by atoms with E-state index in [1.54, 1.807) is 37.3 Å². The van der Waals surface area contributed by atoms with E-state index in [2.05, 4.69) is 0 Å². The highest BCUT2D eigenvalue weighted by molar-refractivity contribution is 6.05. The fraction of sp³-hybridized carbons (Fsp3) is 0.190. The van der Waals surface area contributed by atoms with Crippen LogP contribution in [0.15, 0.2) is 66.2 Å². The molecule has 0 bridgehead atoms. The van der Waals surface area contributed by atoms with Crippen LogP contribution in [0.5, 0.6) is 0 Å². The maximum atomic E-state index is 12.8. The van der Waals surface area contributed by atoms with Crippen LogP contribution in [0.25, 0.3) is 5.57 Å². The molecule has 0 heterocycles. The number of carboxylic acid groups (broad SMARTS) is 2. The number of hydrogen-bond acceptors (Lipinski definition) is 3. The Kier molecular flexibility index (Phi) is 6.44. The number of aliphatic carboxylic acids is 2. The van der Waals surface area contributed by atoms with Crippen LogP contribution in [-0.4, -0.2) is 27.9 Å². The van der Waals surface area contributed by atoms with Crippen LogP contribution in [0.4, 0.5) is 0 Å². The molecule has 2 aromatic rings. The van der Waals surface area contributed by atoms with E-state index in [-0.39, 0.29) is 23.4 Å². The number of rotatable bonds is 8. The van der Waals surface area contributed by atoms with Gasteiger partial charge in [-0.2, -0.15) is 0 Å². The number of hydrogen-bond donors (Lipinski definition) is 2. The lowest BCUT2D eigenvalue weighted by Gasteiger charge is -2.15. The number of carbonyl (C=O) groups excluding carboxylic acids is 1. The molecule has 0 radical (unpaired) electrons. The van der Waals surface area contributed by atoms with Crippen LogP contribution >= 0.6 is 0 Å². The molecule has 1 atom stereocenters. The molecule has 0 aromatic heterocycles. The molecular weight excluding hydrogens is 332 g/mol. The highest BCUT2D eigenvalue weighted by atomic mass is 16.4. The average molecular weight is 352 g/mol. The highest BCUT2D eigenvalue weighted by Gasteiger charge is 2.23. The average Bonchev–Trinajstić information content (AvgIpc) is 2.64. The molecule has 0 amide bonds. The number of Topliss-reactive ketones (excluding diaryl/α,β-unsaturated/α-hetero) is 1. The molecule has 0 aliphatic heterocycles. The summed E-state index contributed by atoms with van der Waals surface area (Å²) in [6, 6.07) is 17.8. The molecular formula is C21H20O5. The van der Waals surface area contributed by atoms with Crippen LogP contribution < -0.4 is 0 Å². The summed E-state index contributed by atoms with van der Waals surface area (Å²) in [6.07, 6.45) is -0.790. The molecule has 2 rings (SSSR count). The third-order valence-electron chi connectivity index (χ3n) is 4.21. The number of ketones is 1. The first-order chi connectivity index (χ1) is 12.4. The Balaban J connectivity index is 2.43. The minimum atomic E-state index is -1.33. The second-order valence-corrected chi connectivity index (χ2v) is 5.97. The van der Waals surface area contributed by atoms with Gasteiger partial charge in [0.1, 0.15) is 5.78 Å². The quantitative estimate of drug-likeness (QED) is 0.706. The maximum absolute atomic E-state index is 12.8. The predicted octanol–water partition coefficient (Wildman–Crippen LogP) is 3.76. The van der Waals surface area contributed by atoms with Gasteiger partial charge in [-0.3, -0.25) is 9.59 Å². The van der Waals surface area contributed by atoms with Crippen molar-refractivity contribution in [3.05, 3.63) is 77.4 Å².